The van der Waals surface area contributed by atoms with Crippen LogP contribution >= 0.6 is 0 Å². The van der Waals surface area contributed by atoms with Gasteiger partial charge in [0.15, 0.2) is 6.61 Å². The Kier molecular flexibility index (Phi) is 5.86. The molecule has 6 heteroatoms. The average Bonchev–Trinajstić information content (AvgIpc) is 3.11. The molecule has 140 valence electrons. The van der Waals surface area contributed by atoms with Crippen LogP contribution in [0.1, 0.15) is 34.3 Å². The summed E-state index contributed by atoms with van der Waals surface area (Å²) in [5, 5.41) is 2.74. The van der Waals surface area contributed by atoms with Crippen molar-refractivity contribution in [2.75, 3.05) is 18.1 Å². The second-order valence-corrected chi connectivity index (χ2v) is 6.48. The van der Waals surface area contributed by atoms with Crippen LogP contribution in [0.2, 0.25) is 0 Å². The first kappa shape index (κ1) is 18.6. The maximum atomic E-state index is 12.1. The summed E-state index contributed by atoms with van der Waals surface area (Å²) < 4.78 is 5.06. The largest absolute Gasteiger partial charge is 0.452 e. The molecule has 0 unspecified atom stereocenters. The summed E-state index contributed by atoms with van der Waals surface area (Å²) in [5.74, 6) is -0.832. The van der Waals surface area contributed by atoms with E-state index < -0.39 is 5.97 Å². The zero-order valence-electron chi connectivity index (χ0n) is 15.2. The van der Waals surface area contributed by atoms with Crippen LogP contribution in [0.4, 0.5) is 5.69 Å². The van der Waals surface area contributed by atoms with Gasteiger partial charge in [-0.05, 0) is 48.7 Å². The molecule has 1 N–H and O–H groups in total. The van der Waals surface area contributed by atoms with E-state index in [4.69, 9.17) is 4.74 Å². The molecule has 1 saturated heterocycles. The maximum Gasteiger partial charge on any atom is 0.338 e. The number of benzene rings is 2. The number of amides is 2. The molecule has 6 nitrogen and oxygen atoms in total. The summed E-state index contributed by atoms with van der Waals surface area (Å²) >= 11 is 0. The van der Waals surface area contributed by atoms with Crippen LogP contribution in [0.25, 0.3) is 0 Å². The van der Waals surface area contributed by atoms with Gasteiger partial charge in [-0.2, -0.15) is 0 Å². The van der Waals surface area contributed by atoms with E-state index in [1.54, 1.807) is 29.2 Å². The normalized spacial score (nSPS) is 13.5. The van der Waals surface area contributed by atoms with Gasteiger partial charge in [0.2, 0.25) is 5.91 Å². The number of aryl methyl sites for hydroxylation is 1. The number of anilines is 1. The van der Waals surface area contributed by atoms with Crippen LogP contribution in [0.5, 0.6) is 0 Å². The molecule has 0 radical (unpaired) electrons. The topological polar surface area (TPSA) is 75.7 Å². The molecular weight excluding hydrogens is 344 g/mol. The fourth-order valence-electron chi connectivity index (χ4n) is 2.97. The summed E-state index contributed by atoms with van der Waals surface area (Å²) in [6, 6.07) is 14.4. The van der Waals surface area contributed by atoms with Crippen molar-refractivity contribution in [2.24, 2.45) is 0 Å². The third-order valence-corrected chi connectivity index (χ3v) is 4.56. The molecule has 2 aromatic carbocycles. The number of carbonyl (C=O) groups is 3. The quantitative estimate of drug-likeness (QED) is 0.798. The molecule has 0 aromatic heterocycles. The van der Waals surface area contributed by atoms with E-state index in [2.05, 4.69) is 5.32 Å². The number of rotatable bonds is 6. The Morgan fingerprint density at radius 1 is 1.11 bits per heavy atom. The molecule has 0 spiro atoms. The zero-order valence-corrected chi connectivity index (χ0v) is 15.2. The second kappa shape index (κ2) is 8.49. The van der Waals surface area contributed by atoms with Gasteiger partial charge in [-0.1, -0.05) is 24.3 Å². The molecular formula is C21H22N2O4. The van der Waals surface area contributed by atoms with Gasteiger partial charge in [0.1, 0.15) is 0 Å². The van der Waals surface area contributed by atoms with Crippen molar-refractivity contribution in [3.63, 3.8) is 0 Å². The minimum Gasteiger partial charge on any atom is -0.452 e. The molecule has 0 atom stereocenters. The highest BCUT2D eigenvalue weighted by Gasteiger charge is 2.21. The lowest BCUT2D eigenvalue weighted by Gasteiger charge is -2.15. The fraction of sp³-hybridized carbons (Fsp3) is 0.286. The van der Waals surface area contributed by atoms with Crippen LogP contribution in [0, 0.1) is 6.92 Å². The molecule has 27 heavy (non-hydrogen) atoms. The second-order valence-electron chi connectivity index (χ2n) is 6.48. The van der Waals surface area contributed by atoms with Crippen molar-refractivity contribution < 1.29 is 19.1 Å². The van der Waals surface area contributed by atoms with E-state index in [-0.39, 0.29) is 18.4 Å². The van der Waals surface area contributed by atoms with E-state index in [9.17, 15) is 14.4 Å². The van der Waals surface area contributed by atoms with Crippen LogP contribution in [-0.2, 0) is 20.9 Å². The Hall–Kier alpha value is -3.15. The number of nitrogens with zero attached hydrogens (tertiary/aromatic N) is 1. The average molecular weight is 366 g/mol. The molecule has 2 aromatic rings. The number of hydrogen-bond acceptors (Lipinski definition) is 4. The van der Waals surface area contributed by atoms with Gasteiger partial charge in [0.25, 0.3) is 5.91 Å². The Balaban J connectivity index is 1.48. The van der Waals surface area contributed by atoms with Gasteiger partial charge in [-0.3, -0.25) is 9.59 Å². The first-order valence-electron chi connectivity index (χ1n) is 8.93. The number of carbonyl (C=O) groups excluding carboxylic acids is 3. The third-order valence-electron chi connectivity index (χ3n) is 4.56. The first-order valence-corrected chi connectivity index (χ1v) is 8.93. The first-order chi connectivity index (χ1) is 13.0. The summed E-state index contributed by atoms with van der Waals surface area (Å²) in [6.45, 7) is 2.73. The highest BCUT2D eigenvalue weighted by atomic mass is 16.5. The van der Waals surface area contributed by atoms with Crippen molar-refractivity contribution in [1.29, 1.82) is 0 Å². The van der Waals surface area contributed by atoms with Crippen molar-refractivity contribution in [3.05, 3.63) is 65.2 Å². The van der Waals surface area contributed by atoms with Crippen molar-refractivity contribution in [3.8, 4) is 0 Å². The van der Waals surface area contributed by atoms with Gasteiger partial charge in [0.05, 0.1) is 5.56 Å². The molecule has 1 fully saturated rings. The van der Waals surface area contributed by atoms with Crippen molar-refractivity contribution >= 4 is 23.5 Å². The van der Waals surface area contributed by atoms with Crippen molar-refractivity contribution in [1.82, 2.24) is 5.32 Å². The van der Waals surface area contributed by atoms with E-state index in [1.165, 1.54) is 0 Å². The lowest BCUT2D eigenvalue weighted by atomic mass is 10.1. The standard InChI is InChI=1S/C21H22N2O4/c1-15-5-2-3-6-17(15)13-22-19(24)14-27-21(26)16-8-10-18(11-9-16)23-12-4-7-20(23)25/h2-3,5-6,8-11H,4,7,12-14H2,1H3,(H,22,24). The Labute approximate surface area is 158 Å². The number of ether oxygens (including phenoxy) is 1. The maximum absolute atomic E-state index is 12.1. The van der Waals surface area contributed by atoms with E-state index in [0.717, 1.165) is 23.2 Å². The minimum atomic E-state index is -0.569. The monoisotopic (exact) mass is 366 g/mol. The number of hydrogen-bond donors (Lipinski definition) is 1. The van der Waals surface area contributed by atoms with Crippen LogP contribution in [0.15, 0.2) is 48.5 Å². The molecule has 0 bridgehead atoms. The summed E-state index contributed by atoms with van der Waals surface area (Å²) in [4.78, 5) is 37.4. The molecule has 1 heterocycles. The minimum absolute atomic E-state index is 0.0932. The van der Waals surface area contributed by atoms with E-state index in [0.29, 0.717) is 25.1 Å². The molecule has 3 rings (SSSR count). The van der Waals surface area contributed by atoms with Gasteiger partial charge in [0, 0.05) is 25.2 Å². The van der Waals surface area contributed by atoms with Crippen LogP contribution in [-0.4, -0.2) is 30.9 Å². The zero-order chi connectivity index (χ0) is 19.2. The van der Waals surface area contributed by atoms with Gasteiger partial charge in [-0.15, -0.1) is 0 Å². The van der Waals surface area contributed by atoms with Crippen molar-refractivity contribution in [2.45, 2.75) is 26.3 Å². The third kappa shape index (κ3) is 4.73. The number of nitrogens with one attached hydrogen (secondary N) is 1. The predicted molar refractivity (Wildman–Crippen MR) is 101 cm³/mol. The molecule has 1 aliphatic heterocycles. The predicted octanol–water partition coefficient (Wildman–Crippen LogP) is 2.60. The smallest absolute Gasteiger partial charge is 0.338 e. The van der Waals surface area contributed by atoms with Crippen LogP contribution < -0.4 is 10.2 Å². The lowest BCUT2D eigenvalue weighted by molar-refractivity contribution is -0.124. The van der Waals surface area contributed by atoms with Gasteiger partial charge in [-0.25, -0.2) is 4.79 Å². The molecule has 0 aliphatic carbocycles. The highest BCUT2D eigenvalue weighted by Crippen LogP contribution is 2.21. The molecule has 1 aliphatic rings. The van der Waals surface area contributed by atoms with E-state index in [1.807, 2.05) is 31.2 Å². The molecule has 0 saturated carbocycles. The summed E-state index contributed by atoms with van der Waals surface area (Å²) in [5.41, 5.74) is 3.22. The SMILES string of the molecule is Cc1ccccc1CNC(=O)COC(=O)c1ccc(N2CCCC2=O)cc1. The Morgan fingerprint density at radius 2 is 1.85 bits per heavy atom. The van der Waals surface area contributed by atoms with E-state index >= 15 is 0 Å². The van der Waals surface area contributed by atoms with Gasteiger partial charge >= 0.3 is 5.97 Å². The van der Waals surface area contributed by atoms with Gasteiger partial charge < -0.3 is 15.0 Å². The summed E-state index contributed by atoms with van der Waals surface area (Å²) in [7, 11) is 0. The summed E-state index contributed by atoms with van der Waals surface area (Å²) in [6.07, 6.45) is 1.40. The molecule has 2 amide bonds. The highest BCUT2D eigenvalue weighted by molar-refractivity contribution is 5.96. The Morgan fingerprint density at radius 3 is 2.52 bits per heavy atom. The lowest BCUT2D eigenvalue weighted by Crippen LogP contribution is -2.28. The van der Waals surface area contributed by atoms with Crippen LogP contribution in [0.3, 0.4) is 0 Å². The number of esters is 1. The fourth-order valence-corrected chi connectivity index (χ4v) is 2.97. The Bertz CT molecular complexity index is 846.